The number of para-hydroxylation sites is 1. The molecule has 1 aliphatic heterocycles. The van der Waals surface area contributed by atoms with Crippen LogP contribution >= 0.6 is 0 Å². The summed E-state index contributed by atoms with van der Waals surface area (Å²) in [7, 11) is 0. The van der Waals surface area contributed by atoms with Gasteiger partial charge in [-0.15, -0.1) is 0 Å². The number of hydrogen-bond donors (Lipinski definition) is 2. The summed E-state index contributed by atoms with van der Waals surface area (Å²) in [6.07, 6.45) is 6.39. The molecule has 1 amide bonds. The fraction of sp³-hybridized carbons (Fsp3) is 0.476. The van der Waals surface area contributed by atoms with Crippen molar-refractivity contribution < 1.29 is 17.6 Å². The standard InChI is InChI=1S/C21H31N3O3.2H2/c1-17(27-21(2,3)4)23-14-8-5-9-15-24(16-23)19-11-7-6-10-18(19)12-13-20(25)22-26;;/h6-7,10-13,26H,1,5,8-9,14-16H2,2-4H3,(H,22,25);2*1H/b13-12+;;. The van der Waals surface area contributed by atoms with E-state index in [0.29, 0.717) is 12.6 Å². The summed E-state index contributed by atoms with van der Waals surface area (Å²) in [6, 6.07) is 7.93. The Morgan fingerprint density at radius 1 is 1.26 bits per heavy atom. The molecule has 27 heavy (non-hydrogen) atoms. The fourth-order valence-corrected chi connectivity index (χ4v) is 3.07. The predicted molar refractivity (Wildman–Crippen MR) is 112 cm³/mol. The lowest BCUT2D eigenvalue weighted by Crippen LogP contribution is -2.42. The third-order valence-corrected chi connectivity index (χ3v) is 4.28. The van der Waals surface area contributed by atoms with E-state index in [2.05, 4.69) is 16.4 Å². The molecule has 0 atom stereocenters. The van der Waals surface area contributed by atoms with Crippen LogP contribution in [0, 0.1) is 0 Å². The fourth-order valence-electron chi connectivity index (χ4n) is 3.07. The van der Waals surface area contributed by atoms with Gasteiger partial charge in [0.25, 0.3) is 5.91 Å². The Bertz CT molecular complexity index is 690. The zero-order valence-electron chi connectivity index (χ0n) is 16.6. The third-order valence-electron chi connectivity index (χ3n) is 4.28. The smallest absolute Gasteiger partial charge is 0.267 e. The molecule has 0 aromatic heterocycles. The molecule has 2 N–H and O–H groups in total. The maximum Gasteiger partial charge on any atom is 0.267 e. The molecule has 1 heterocycles. The Kier molecular flexibility index (Phi) is 7.30. The molecular formula is C21H35N3O3. The lowest BCUT2D eigenvalue weighted by atomic mass is 10.1. The normalized spacial score (nSPS) is 16.0. The number of hydroxylamine groups is 1. The van der Waals surface area contributed by atoms with E-state index in [1.165, 1.54) is 6.08 Å². The van der Waals surface area contributed by atoms with Crippen LogP contribution < -0.4 is 10.4 Å². The van der Waals surface area contributed by atoms with E-state index in [4.69, 9.17) is 9.94 Å². The van der Waals surface area contributed by atoms with Crippen molar-refractivity contribution in [2.24, 2.45) is 0 Å². The van der Waals surface area contributed by atoms with Crippen molar-refractivity contribution in [2.45, 2.75) is 45.6 Å². The van der Waals surface area contributed by atoms with Crippen molar-refractivity contribution in [2.75, 3.05) is 24.7 Å². The molecule has 152 valence electrons. The number of carbonyl (C=O) groups excluding carboxylic acids is 1. The van der Waals surface area contributed by atoms with Gasteiger partial charge >= 0.3 is 0 Å². The minimum absolute atomic E-state index is 0. The maximum absolute atomic E-state index is 11.3. The molecule has 1 fully saturated rings. The summed E-state index contributed by atoms with van der Waals surface area (Å²) in [6.45, 7) is 12.7. The van der Waals surface area contributed by atoms with Gasteiger partial charge in [0.2, 0.25) is 0 Å². The zero-order valence-corrected chi connectivity index (χ0v) is 16.6. The number of rotatable bonds is 5. The van der Waals surface area contributed by atoms with Crippen molar-refractivity contribution in [3.8, 4) is 0 Å². The largest absolute Gasteiger partial charge is 0.474 e. The number of hydrogen-bond acceptors (Lipinski definition) is 5. The molecular weight excluding hydrogens is 342 g/mol. The van der Waals surface area contributed by atoms with Crippen molar-refractivity contribution in [3.05, 3.63) is 48.4 Å². The van der Waals surface area contributed by atoms with Gasteiger partial charge in [0.1, 0.15) is 5.60 Å². The van der Waals surface area contributed by atoms with E-state index < -0.39 is 5.91 Å². The van der Waals surface area contributed by atoms with Gasteiger partial charge in [0.05, 0.1) is 6.67 Å². The molecule has 1 aromatic carbocycles. The Morgan fingerprint density at radius 2 is 1.96 bits per heavy atom. The molecule has 0 radical (unpaired) electrons. The highest BCUT2D eigenvalue weighted by Gasteiger charge is 2.21. The SMILES string of the molecule is C=C(OC(C)(C)C)N1CCCCCN(c2ccccc2/C=C/C(=O)NO)C1.[HH].[HH]. The lowest BCUT2D eigenvalue weighted by molar-refractivity contribution is -0.124. The summed E-state index contributed by atoms with van der Waals surface area (Å²) in [5.74, 6) is 0.133. The molecule has 1 saturated heterocycles. The van der Waals surface area contributed by atoms with Crippen LogP contribution in [0.15, 0.2) is 42.8 Å². The topological polar surface area (TPSA) is 65.0 Å². The summed E-state index contributed by atoms with van der Waals surface area (Å²) < 4.78 is 5.99. The number of ether oxygens (including phenoxy) is 1. The van der Waals surface area contributed by atoms with Crippen LogP contribution in [0.4, 0.5) is 5.69 Å². The Hall–Kier alpha value is -2.47. The van der Waals surface area contributed by atoms with Crippen molar-refractivity contribution in [1.29, 1.82) is 0 Å². The average molecular weight is 378 g/mol. The summed E-state index contributed by atoms with van der Waals surface area (Å²) >= 11 is 0. The number of nitrogens with zero attached hydrogens (tertiary/aromatic N) is 2. The second-order valence-corrected chi connectivity index (χ2v) is 7.71. The van der Waals surface area contributed by atoms with Crippen LogP contribution in [0.1, 0.15) is 48.5 Å². The summed E-state index contributed by atoms with van der Waals surface area (Å²) in [4.78, 5) is 15.8. The van der Waals surface area contributed by atoms with Gasteiger partial charge in [-0.2, -0.15) is 0 Å². The Balaban J connectivity index is 0.00000392. The zero-order chi connectivity index (χ0) is 19.9. The molecule has 1 aliphatic rings. The molecule has 0 bridgehead atoms. The molecule has 1 aromatic rings. The first-order valence-corrected chi connectivity index (χ1v) is 9.39. The van der Waals surface area contributed by atoms with E-state index in [1.807, 2.05) is 45.0 Å². The van der Waals surface area contributed by atoms with Gasteiger partial charge in [-0.3, -0.25) is 10.0 Å². The van der Waals surface area contributed by atoms with Crippen LogP contribution in [0.2, 0.25) is 0 Å². The highest BCUT2D eigenvalue weighted by Crippen LogP contribution is 2.26. The van der Waals surface area contributed by atoms with Crippen LogP contribution in [0.25, 0.3) is 6.08 Å². The third kappa shape index (κ3) is 6.64. The van der Waals surface area contributed by atoms with Gasteiger partial charge < -0.3 is 14.5 Å². The van der Waals surface area contributed by atoms with E-state index >= 15 is 0 Å². The van der Waals surface area contributed by atoms with Crippen LogP contribution in [-0.2, 0) is 9.53 Å². The van der Waals surface area contributed by atoms with Gasteiger partial charge in [-0.25, -0.2) is 5.48 Å². The maximum atomic E-state index is 11.3. The molecule has 0 unspecified atom stereocenters. The van der Waals surface area contributed by atoms with Gasteiger partial charge in [-0.05, 0) is 64.3 Å². The number of benzene rings is 1. The molecule has 0 aliphatic carbocycles. The first-order valence-electron chi connectivity index (χ1n) is 9.39. The molecule has 0 spiro atoms. The number of carbonyl (C=O) groups is 1. The van der Waals surface area contributed by atoms with Crippen molar-refractivity contribution in [1.82, 2.24) is 10.4 Å². The quantitative estimate of drug-likeness (QED) is 0.348. The number of anilines is 1. The highest BCUT2D eigenvalue weighted by atomic mass is 16.5. The number of amides is 1. The van der Waals surface area contributed by atoms with E-state index in [9.17, 15) is 4.79 Å². The Labute approximate surface area is 165 Å². The van der Waals surface area contributed by atoms with Gasteiger partial charge in [-0.1, -0.05) is 18.2 Å². The predicted octanol–water partition coefficient (Wildman–Crippen LogP) is 4.23. The molecule has 0 saturated carbocycles. The second kappa shape index (κ2) is 9.46. The minimum Gasteiger partial charge on any atom is -0.474 e. The van der Waals surface area contributed by atoms with Crippen LogP contribution in [-0.4, -0.2) is 41.4 Å². The van der Waals surface area contributed by atoms with Gasteiger partial charge in [0, 0.05) is 27.7 Å². The first kappa shape index (κ1) is 20.8. The Morgan fingerprint density at radius 3 is 2.67 bits per heavy atom. The summed E-state index contributed by atoms with van der Waals surface area (Å²) in [5, 5.41) is 8.70. The van der Waals surface area contributed by atoms with E-state index in [0.717, 1.165) is 43.6 Å². The van der Waals surface area contributed by atoms with Gasteiger partial charge in [0.15, 0.2) is 5.88 Å². The second-order valence-electron chi connectivity index (χ2n) is 7.71. The summed E-state index contributed by atoms with van der Waals surface area (Å²) in [5.41, 5.74) is 3.29. The first-order chi connectivity index (χ1) is 12.8. The van der Waals surface area contributed by atoms with Crippen molar-refractivity contribution in [3.63, 3.8) is 0 Å². The molecule has 2 rings (SSSR count). The monoisotopic (exact) mass is 377 g/mol. The van der Waals surface area contributed by atoms with Crippen LogP contribution in [0.5, 0.6) is 0 Å². The van der Waals surface area contributed by atoms with E-state index in [-0.39, 0.29) is 8.45 Å². The molecule has 6 heteroatoms. The minimum atomic E-state index is -0.550. The lowest BCUT2D eigenvalue weighted by Gasteiger charge is -2.38. The van der Waals surface area contributed by atoms with Crippen molar-refractivity contribution >= 4 is 17.7 Å². The molecule has 6 nitrogen and oxygen atoms in total. The average Bonchev–Trinajstić information content (AvgIpc) is 2.58. The number of nitrogens with one attached hydrogen (secondary N) is 1. The highest BCUT2D eigenvalue weighted by molar-refractivity contribution is 5.91. The van der Waals surface area contributed by atoms with Crippen LogP contribution in [0.3, 0.4) is 0 Å². The van der Waals surface area contributed by atoms with E-state index in [1.54, 1.807) is 11.6 Å².